The summed E-state index contributed by atoms with van der Waals surface area (Å²) in [6.45, 7) is 11.3. The van der Waals surface area contributed by atoms with E-state index in [0.29, 0.717) is 6.10 Å². The van der Waals surface area contributed by atoms with Gasteiger partial charge >= 0.3 is 0 Å². The second kappa shape index (κ2) is 15.4. The molecular formula is C15H34N2O2. The monoisotopic (exact) mass is 274 g/mol. The molecule has 4 heteroatoms. The molecule has 1 aliphatic heterocycles. The van der Waals surface area contributed by atoms with Crippen LogP contribution < -0.4 is 5.32 Å². The molecule has 4 nitrogen and oxygen atoms in total. The summed E-state index contributed by atoms with van der Waals surface area (Å²) in [4.78, 5) is 12.3. The lowest BCUT2D eigenvalue weighted by Crippen LogP contribution is -2.31. The van der Waals surface area contributed by atoms with Crippen LogP contribution in [0.15, 0.2) is 0 Å². The molecule has 19 heavy (non-hydrogen) atoms. The molecule has 0 spiro atoms. The molecule has 0 aliphatic carbocycles. The summed E-state index contributed by atoms with van der Waals surface area (Å²) < 4.78 is 4.75. The molecule has 0 atom stereocenters. The average Bonchev–Trinajstić information content (AvgIpc) is 2.44. The molecule has 116 valence electrons. The van der Waals surface area contributed by atoms with E-state index in [1.54, 1.807) is 7.11 Å². The smallest absolute Gasteiger partial charge is 0.207 e. The minimum atomic E-state index is 0.384. The maximum absolute atomic E-state index is 9.98. The van der Waals surface area contributed by atoms with Gasteiger partial charge in [0.05, 0.1) is 6.10 Å². The van der Waals surface area contributed by atoms with E-state index in [-0.39, 0.29) is 0 Å². The first-order chi connectivity index (χ1) is 9.10. The lowest BCUT2D eigenvalue weighted by Gasteiger charge is -2.28. The minimum absolute atomic E-state index is 0.384. The van der Waals surface area contributed by atoms with Crippen molar-refractivity contribution in [3.8, 4) is 0 Å². The lowest BCUT2D eigenvalue weighted by molar-refractivity contribution is -0.109. The number of hydrogen-bond acceptors (Lipinski definition) is 3. The van der Waals surface area contributed by atoms with Crippen LogP contribution in [0.25, 0.3) is 0 Å². The molecule has 0 aromatic carbocycles. The zero-order chi connectivity index (χ0) is 15.1. The minimum Gasteiger partial charge on any atom is -0.382 e. The second-order valence-electron chi connectivity index (χ2n) is 4.89. The third-order valence-electron chi connectivity index (χ3n) is 3.09. The molecule has 0 aromatic heterocycles. The molecule has 1 amide bonds. The van der Waals surface area contributed by atoms with Crippen molar-refractivity contribution < 1.29 is 9.53 Å². The van der Waals surface area contributed by atoms with Crippen molar-refractivity contribution in [1.82, 2.24) is 10.2 Å². The molecule has 0 unspecified atom stereocenters. The SMILES string of the molecule is CC.CN1CCC(CCNC=O)CC1.COC(C)C. The molecule has 0 saturated carbocycles. The highest BCUT2D eigenvalue weighted by Gasteiger charge is 2.15. The molecule has 0 bridgehead atoms. The van der Waals surface area contributed by atoms with Crippen molar-refractivity contribution >= 4 is 6.41 Å². The summed E-state index contributed by atoms with van der Waals surface area (Å²) in [5.74, 6) is 0.827. The summed E-state index contributed by atoms with van der Waals surface area (Å²) in [7, 11) is 3.87. The van der Waals surface area contributed by atoms with E-state index in [0.717, 1.165) is 25.3 Å². The van der Waals surface area contributed by atoms with Crippen LogP contribution in [-0.4, -0.2) is 51.2 Å². The van der Waals surface area contributed by atoms with Crippen molar-refractivity contribution in [3.63, 3.8) is 0 Å². The summed E-state index contributed by atoms with van der Waals surface area (Å²) in [5.41, 5.74) is 0. The highest BCUT2D eigenvalue weighted by atomic mass is 16.5. The number of carbonyl (C=O) groups excluding carboxylic acids is 1. The van der Waals surface area contributed by atoms with Gasteiger partial charge in [0.25, 0.3) is 0 Å². The van der Waals surface area contributed by atoms with Crippen LogP contribution in [-0.2, 0) is 9.53 Å². The molecule has 1 N–H and O–H groups in total. The lowest BCUT2D eigenvalue weighted by atomic mass is 9.94. The van der Waals surface area contributed by atoms with E-state index in [1.807, 2.05) is 27.7 Å². The number of nitrogens with zero attached hydrogens (tertiary/aromatic N) is 1. The molecule has 1 heterocycles. The van der Waals surface area contributed by atoms with E-state index in [9.17, 15) is 4.79 Å². The first-order valence-electron chi connectivity index (χ1n) is 7.48. The zero-order valence-electron chi connectivity index (χ0n) is 13.7. The number of hydrogen-bond donors (Lipinski definition) is 1. The van der Waals surface area contributed by atoms with Crippen LogP contribution in [0.1, 0.15) is 47.0 Å². The van der Waals surface area contributed by atoms with Gasteiger partial charge in [-0.3, -0.25) is 4.79 Å². The fraction of sp³-hybridized carbons (Fsp3) is 0.933. The maximum Gasteiger partial charge on any atom is 0.207 e. The number of amides is 1. The number of piperidine rings is 1. The summed E-state index contributed by atoms with van der Waals surface area (Å²) in [6.07, 6.45) is 4.89. The van der Waals surface area contributed by atoms with E-state index in [4.69, 9.17) is 4.74 Å². The summed E-state index contributed by atoms with van der Waals surface area (Å²) in [5, 5.41) is 2.71. The van der Waals surface area contributed by atoms with Gasteiger partial charge in [0.1, 0.15) is 0 Å². The Kier molecular flexibility index (Phi) is 16.8. The number of rotatable bonds is 5. The van der Waals surface area contributed by atoms with Gasteiger partial charge in [0, 0.05) is 13.7 Å². The van der Waals surface area contributed by atoms with Crippen LogP contribution in [0.2, 0.25) is 0 Å². The summed E-state index contributed by atoms with van der Waals surface area (Å²) in [6, 6.07) is 0. The van der Waals surface area contributed by atoms with E-state index >= 15 is 0 Å². The van der Waals surface area contributed by atoms with E-state index < -0.39 is 0 Å². The van der Waals surface area contributed by atoms with Crippen LogP contribution in [0.5, 0.6) is 0 Å². The quantitative estimate of drug-likeness (QED) is 0.619. The fourth-order valence-electron chi connectivity index (χ4n) is 1.70. The number of likely N-dealkylation sites (tertiary alicyclic amines) is 1. The normalized spacial score (nSPS) is 15.9. The molecule has 1 aliphatic rings. The molecule has 1 rings (SSSR count). The van der Waals surface area contributed by atoms with Gasteiger partial charge < -0.3 is 15.0 Å². The van der Waals surface area contributed by atoms with E-state index in [1.165, 1.54) is 25.9 Å². The van der Waals surface area contributed by atoms with Gasteiger partial charge in [0.2, 0.25) is 6.41 Å². The Bertz CT molecular complexity index is 179. The third-order valence-corrected chi connectivity index (χ3v) is 3.09. The largest absolute Gasteiger partial charge is 0.382 e. The van der Waals surface area contributed by atoms with Crippen LogP contribution in [0.3, 0.4) is 0 Å². The molecule has 1 saturated heterocycles. The Morgan fingerprint density at radius 1 is 1.32 bits per heavy atom. The maximum atomic E-state index is 9.98. The van der Waals surface area contributed by atoms with Gasteiger partial charge in [-0.2, -0.15) is 0 Å². The van der Waals surface area contributed by atoms with E-state index in [2.05, 4.69) is 17.3 Å². The molecule has 0 radical (unpaired) electrons. The van der Waals surface area contributed by atoms with Crippen molar-refractivity contribution in [2.75, 3.05) is 33.8 Å². The Morgan fingerprint density at radius 3 is 2.16 bits per heavy atom. The molecule has 1 fully saturated rings. The van der Waals surface area contributed by atoms with Gasteiger partial charge in [-0.1, -0.05) is 13.8 Å². The number of methoxy groups -OCH3 is 1. The zero-order valence-corrected chi connectivity index (χ0v) is 13.7. The van der Waals surface area contributed by atoms with Gasteiger partial charge in [-0.15, -0.1) is 0 Å². The Morgan fingerprint density at radius 2 is 1.79 bits per heavy atom. The Labute approximate surface area is 119 Å². The predicted molar refractivity (Wildman–Crippen MR) is 82.4 cm³/mol. The highest BCUT2D eigenvalue weighted by molar-refractivity contribution is 5.45. The van der Waals surface area contributed by atoms with Gasteiger partial charge in [-0.05, 0) is 59.2 Å². The standard InChI is InChI=1S/C9H18N2O.C4H10O.C2H6/c1-11-6-3-9(4-7-11)2-5-10-8-12;1-4(2)5-3;1-2/h8-9H,2-7H2,1H3,(H,10,12);4H,1-3H3;1-2H3. The number of nitrogens with one attached hydrogen (secondary N) is 1. The van der Waals surface area contributed by atoms with Crippen molar-refractivity contribution in [1.29, 1.82) is 0 Å². The third kappa shape index (κ3) is 15.3. The highest BCUT2D eigenvalue weighted by Crippen LogP contribution is 2.18. The van der Waals surface area contributed by atoms with Crippen molar-refractivity contribution in [3.05, 3.63) is 0 Å². The molecule has 0 aromatic rings. The van der Waals surface area contributed by atoms with Gasteiger partial charge in [0.15, 0.2) is 0 Å². The van der Waals surface area contributed by atoms with Crippen molar-refractivity contribution in [2.24, 2.45) is 5.92 Å². The Balaban J connectivity index is 0. The first kappa shape index (κ1) is 20.7. The van der Waals surface area contributed by atoms with Crippen LogP contribution in [0.4, 0.5) is 0 Å². The first-order valence-corrected chi connectivity index (χ1v) is 7.48. The Hall–Kier alpha value is -0.610. The second-order valence-corrected chi connectivity index (χ2v) is 4.89. The van der Waals surface area contributed by atoms with Crippen LogP contribution >= 0.6 is 0 Å². The van der Waals surface area contributed by atoms with Crippen molar-refractivity contribution in [2.45, 2.75) is 53.1 Å². The molecular weight excluding hydrogens is 240 g/mol. The fourth-order valence-corrected chi connectivity index (χ4v) is 1.70. The van der Waals surface area contributed by atoms with Crippen LogP contribution in [0, 0.1) is 5.92 Å². The predicted octanol–water partition coefficient (Wildman–Crippen LogP) is 2.53. The van der Waals surface area contributed by atoms with Gasteiger partial charge in [-0.25, -0.2) is 0 Å². The topological polar surface area (TPSA) is 41.6 Å². The number of ether oxygens (including phenoxy) is 1. The average molecular weight is 274 g/mol. The number of carbonyl (C=O) groups is 1. The summed E-state index contributed by atoms with van der Waals surface area (Å²) >= 11 is 0.